The fourth-order valence-electron chi connectivity index (χ4n) is 6.82. The average Bonchev–Trinajstić information content (AvgIpc) is 3.75. The first kappa shape index (κ1) is 28.0. The van der Waals surface area contributed by atoms with Gasteiger partial charge in [0.05, 0.1) is 12.8 Å². The molecule has 3 saturated carbocycles. The van der Waals surface area contributed by atoms with Crippen LogP contribution in [-0.2, 0) is 4.79 Å². The Labute approximate surface area is 243 Å². The summed E-state index contributed by atoms with van der Waals surface area (Å²) in [6.45, 7) is 2.96. The van der Waals surface area contributed by atoms with E-state index in [1.54, 1.807) is 13.4 Å². The van der Waals surface area contributed by atoms with Crippen molar-refractivity contribution in [1.29, 1.82) is 0 Å². The van der Waals surface area contributed by atoms with Crippen molar-refractivity contribution in [1.82, 2.24) is 9.97 Å². The molecule has 1 amide bonds. The van der Waals surface area contributed by atoms with E-state index in [0.29, 0.717) is 23.7 Å². The number of aryl methyl sites for hydroxylation is 1. The van der Waals surface area contributed by atoms with Gasteiger partial charge in [-0.3, -0.25) is 9.78 Å². The number of carbonyl (C=O) groups excluding carboxylic acids is 1. The van der Waals surface area contributed by atoms with Crippen LogP contribution in [-0.4, -0.2) is 41.2 Å². The Morgan fingerprint density at radius 2 is 1.68 bits per heavy atom. The molecule has 0 saturated heterocycles. The molecule has 218 valence electrons. The molecular weight excluding hydrogens is 514 g/mol. The van der Waals surface area contributed by atoms with E-state index in [0.717, 1.165) is 111 Å². The van der Waals surface area contributed by atoms with Gasteiger partial charge in [0, 0.05) is 47.9 Å². The number of carbonyl (C=O) groups is 1. The van der Waals surface area contributed by atoms with Crippen molar-refractivity contribution >= 4 is 11.6 Å². The van der Waals surface area contributed by atoms with Gasteiger partial charge in [0.2, 0.25) is 5.91 Å². The van der Waals surface area contributed by atoms with Gasteiger partial charge in [-0.25, -0.2) is 4.98 Å². The Bertz CT molecular complexity index is 1330. The molecule has 7 nitrogen and oxygen atoms in total. The topological polar surface area (TPSA) is 88.7 Å². The molecule has 1 N–H and O–H groups in total. The van der Waals surface area contributed by atoms with E-state index in [-0.39, 0.29) is 18.4 Å². The maximum Gasteiger partial charge on any atom is 0.230 e. The van der Waals surface area contributed by atoms with Crippen LogP contribution >= 0.6 is 0 Å². The van der Waals surface area contributed by atoms with Crippen molar-refractivity contribution in [2.75, 3.05) is 25.2 Å². The fourth-order valence-corrected chi connectivity index (χ4v) is 6.82. The van der Waals surface area contributed by atoms with Gasteiger partial charge < -0.3 is 19.2 Å². The molecule has 3 aromatic rings. The molecule has 0 unspecified atom stereocenters. The normalized spacial score (nSPS) is 24.7. The zero-order valence-corrected chi connectivity index (χ0v) is 24.4. The van der Waals surface area contributed by atoms with E-state index in [1.165, 1.54) is 0 Å². The average molecular weight is 558 g/mol. The molecule has 6 rings (SSSR count). The van der Waals surface area contributed by atoms with E-state index >= 15 is 0 Å². The highest BCUT2D eigenvalue weighted by molar-refractivity contribution is 5.95. The Morgan fingerprint density at radius 1 is 0.951 bits per heavy atom. The molecule has 0 bridgehead atoms. The molecule has 0 radical (unpaired) electrons. The van der Waals surface area contributed by atoms with Crippen LogP contribution in [0.5, 0.6) is 5.75 Å². The Morgan fingerprint density at radius 3 is 2.37 bits per heavy atom. The fraction of sp³-hybridized carbons (Fsp3) is 0.559. The van der Waals surface area contributed by atoms with Crippen LogP contribution in [0.1, 0.15) is 93.3 Å². The summed E-state index contributed by atoms with van der Waals surface area (Å²) in [7, 11) is 1.69. The minimum absolute atomic E-state index is 0.0118. The number of amides is 1. The monoisotopic (exact) mass is 557 g/mol. The number of nitrogens with zero attached hydrogens (tertiary/aromatic N) is 3. The third kappa shape index (κ3) is 6.35. The Balaban J connectivity index is 1.19. The van der Waals surface area contributed by atoms with Gasteiger partial charge >= 0.3 is 0 Å². The molecule has 0 aliphatic heterocycles. The highest BCUT2D eigenvalue weighted by Crippen LogP contribution is 2.41. The second-order valence-electron chi connectivity index (χ2n) is 12.5. The third-order valence-corrected chi connectivity index (χ3v) is 9.61. The molecule has 2 aromatic heterocycles. The molecule has 1 aromatic carbocycles. The summed E-state index contributed by atoms with van der Waals surface area (Å²) in [5.41, 5.74) is 4.87. The first-order valence-corrected chi connectivity index (χ1v) is 15.5. The molecular formula is C34H43N3O4. The number of benzene rings is 1. The Hall–Kier alpha value is -3.19. The zero-order chi connectivity index (χ0) is 28.3. The molecule has 7 heteroatoms. The number of hydrogen-bond donors (Lipinski definition) is 1. The van der Waals surface area contributed by atoms with Crippen LogP contribution in [0.25, 0.3) is 11.3 Å². The van der Waals surface area contributed by atoms with E-state index in [4.69, 9.17) is 19.1 Å². The van der Waals surface area contributed by atoms with E-state index in [1.807, 2.05) is 19.1 Å². The molecule has 3 aliphatic carbocycles. The Kier molecular flexibility index (Phi) is 8.42. The number of ether oxygens (including phenoxy) is 1. The standard InChI is InChI=1S/C34H43N3O4/c1-22-32(40-2)17-16-30(35-22)25-10-6-23(7-11-25)19-37(34(39)27-12-8-24(20-38)9-13-27)29-5-3-4-28(18-29)31-21-41-33(36-31)26-14-15-26/h3-5,16-18,21,23-27,38H,6-15,19-20H2,1-2H3. The molecule has 3 fully saturated rings. The van der Waals surface area contributed by atoms with E-state index in [2.05, 4.69) is 29.2 Å². The first-order chi connectivity index (χ1) is 20.0. The van der Waals surface area contributed by atoms with Gasteiger partial charge in [-0.2, -0.15) is 0 Å². The van der Waals surface area contributed by atoms with Crippen LogP contribution in [0.15, 0.2) is 47.1 Å². The SMILES string of the molecule is COc1ccc(C2CCC(CN(C(=O)C3CCC(CO)CC3)c3cccc(-c4coc(C5CC5)n4)c3)CC2)nc1C. The second-order valence-corrected chi connectivity index (χ2v) is 12.5. The number of pyridine rings is 1. The lowest BCUT2D eigenvalue weighted by molar-refractivity contribution is -0.123. The van der Waals surface area contributed by atoms with Crippen LogP contribution in [0.3, 0.4) is 0 Å². The van der Waals surface area contributed by atoms with Crippen molar-refractivity contribution in [3.8, 4) is 17.0 Å². The minimum Gasteiger partial charge on any atom is -0.495 e. The summed E-state index contributed by atoms with van der Waals surface area (Å²) in [5.74, 6) is 3.59. The first-order valence-electron chi connectivity index (χ1n) is 15.5. The predicted octanol–water partition coefficient (Wildman–Crippen LogP) is 7.04. The van der Waals surface area contributed by atoms with Crippen LogP contribution in [0.4, 0.5) is 5.69 Å². The number of rotatable bonds is 9. The van der Waals surface area contributed by atoms with Gasteiger partial charge in [-0.15, -0.1) is 0 Å². The number of anilines is 1. The zero-order valence-electron chi connectivity index (χ0n) is 24.4. The van der Waals surface area contributed by atoms with Crippen molar-refractivity contribution < 1.29 is 19.1 Å². The van der Waals surface area contributed by atoms with Crippen molar-refractivity contribution in [3.63, 3.8) is 0 Å². The lowest BCUT2D eigenvalue weighted by atomic mass is 9.79. The molecule has 3 aliphatic rings. The van der Waals surface area contributed by atoms with Crippen LogP contribution in [0, 0.1) is 24.7 Å². The van der Waals surface area contributed by atoms with E-state index in [9.17, 15) is 9.90 Å². The lowest BCUT2D eigenvalue weighted by Crippen LogP contribution is -2.41. The maximum atomic E-state index is 14.1. The summed E-state index contributed by atoms with van der Waals surface area (Å²) < 4.78 is 11.2. The van der Waals surface area contributed by atoms with Gasteiger partial charge in [-0.05, 0) is 107 Å². The minimum atomic E-state index is 0.0118. The number of oxazole rings is 1. The molecule has 0 atom stereocenters. The smallest absolute Gasteiger partial charge is 0.230 e. The summed E-state index contributed by atoms with van der Waals surface area (Å²) in [5, 5.41) is 9.62. The quantitative estimate of drug-likeness (QED) is 0.304. The number of aliphatic hydroxyl groups is 1. The molecule has 2 heterocycles. The largest absolute Gasteiger partial charge is 0.495 e. The summed E-state index contributed by atoms with van der Waals surface area (Å²) in [4.78, 5) is 25.8. The summed E-state index contributed by atoms with van der Waals surface area (Å²) in [6.07, 6.45) is 11.9. The van der Waals surface area contributed by atoms with Crippen LogP contribution < -0.4 is 9.64 Å². The number of hydrogen-bond acceptors (Lipinski definition) is 6. The van der Waals surface area contributed by atoms with Crippen molar-refractivity contribution in [2.24, 2.45) is 17.8 Å². The molecule has 41 heavy (non-hydrogen) atoms. The van der Waals surface area contributed by atoms with Gasteiger partial charge in [0.15, 0.2) is 5.89 Å². The number of aromatic nitrogens is 2. The van der Waals surface area contributed by atoms with Gasteiger partial charge in [-0.1, -0.05) is 12.1 Å². The third-order valence-electron chi connectivity index (χ3n) is 9.61. The highest BCUT2D eigenvalue weighted by Gasteiger charge is 2.33. The van der Waals surface area contributed by atoms with E-state index < -0.39 is 0 Å². The van der Waals surface area contributed by atoms with Crippen LogP contribution in [0.2, 0.25) is 0 Å². The van der Waals surface area contributed by atoms with Crippen molar-refractivity contribution in [3.05, 3.63) is 59.9 Å². The number of aliphatic hydroxyl groups excluding tert-OH is 1. The molecule has 0 spiro atoms. The summed E-state index contributed by atoms with van der Waals surface area (Å²) in [6, 6.07) is 12.4. The maximum absolute atomic E-state index is 14.1. The van der Waals surface area contributed by atoms with Crippen molar-refractivity contribution in [2.45, 2.75) is 83.0 Å². The predicted molar refractivity (Wildman–Crippen MR) is 159 cm³/mol. The lowest BCUT2D eigenvalue weighted by Gasteiger charge is -2.36. The van der Waals surface area contributed by atoms with Gasteiger partial charge in [0.1, 0.15) is 17.7 Å². The summed E-state index contributed by atoms with van der Waals surface area (Å²) >= 11 is 0. The van der Waals surface area contributed by atoms with Gasteiger partial charge in [0.25, 0.3) is 0 Å². The number of methoxy groups -OCH3 is 1. The second kappa shape index (κ2) is 12.4. The highest BCUT2D eigenvalue weighted by atomic mass is 16.5.